The average molecular weight is 397 g/mol. The van der Waals surface area contributed by atoms with Crippen LogP contribution in [0.3, 0.4) is 0 Å². The van der Waals surface area contributed by atoms with Crippen LogP contribution in [0.25, 0.3) is 0 Å². The minimum atomic E-state index is -3.72. The molecule has 11 heteroatoms. The Labute approximate surface area is 157 Å². The van der Waals surface area contributed by atoms with Crippen LogP contribution < -0.4 is 15.4 Å². The molecule has 2 aliphatic rings. The van der Waals surface area contributed by atoms with Gasteiger partial charge in [-0.15, -0.1) is 0 Å². The maximum atomic E-state index is 12.7. The molecule has 0 spiro atoms. The third-order valence-electron chi connectivity index (χ3n) is 4.75. The summed E-state index contributed by atoms with van der Waals surface area (Å²) in [5, 5.41) is 4.45. The summed E-state index contributed by atoms with van der Waals surface area (Å²) in [5.41, 5.74) is -0.446. The second-order valence-electron chi connectivity index (χ2n) is 6.94. The number of piperidine rings is 1. The monoisotopic (exact) mass is 397 g/mol. The standard InChI is InChI=1S/C16H23N5O5S/c1-3-11-8-17-15(18-9-11)26-12-4-6-21(7-5-12)27(24,25)10-16(2)13(22)19-14(23)20-16/h8-9,12H,3-7,10H2,1-2H3,(H2,19,20,22,23). The molecule has 3 rings (SSSR count). The Morgan fingerprint density at radius 3 is 2.41 bits per heavy atom. The van der Waals surface area contributed by atoms with Crippen molar-refractivity contribution < 1.29 is 22.7 Å². The largest absolute Gasteiger partial charge is 0.460 e. The second kappa shape index (κ2) is 7.39. The molecule has 148 valence electrons. The summed E-state index contributed by atoms with van der Waals surface area (Å²) in [4.78, 5) is 31.5. The van der Waals surface area contributed by atoms with Crippen LogP contribution in [0.1, 0.15) is 32.3 Å². The summed E-state index contributed by atoms with van der Waals surface area (Å²) >= 11 is 0. The molecule has 1 atom stereocenters. The maximum absolute atomic E-state index is 12.7. The highest BCUT2D eigenvalue weighted by molar-refractivity contribution is 7.89. The van der Waals surface area contributed by atoms with Crippen LogP contribution in [0.5, 0.6) is 6.01 Å². The van der Waals surface area contributed by atoms with Gasteiger partial charge in [-0.05, 0) is 31.7 Å². The molecule has 3 heterocycles. The first-order valence-corrected chi connectivity index (χ1v) is 10.4. The molecule has 2 saturated heterocycles. The predicted octanol–water partition coefficient (Wildman–Crippen LogP) is -0.190. The van der Waals surface area contributed by atoms with Crippen molar-refractivity contribution in [2.45, 2.75) is 44.8 Å². The van der Waals surface area contributed by atoms with E-state index >= 15 is 0 Å². The Kier molecular flexibility index (Phi) is 5.33. The number of rotatable bonds is 6. The van der Waals surface area contributed by atoms with Gasteiger partial charge >= 0.3 is 12.0 Å². The molecule has 2 N–H and O–H groups in total. The lowest BCUT2D eigenvalue weighted by Gasteiger charge is -2.32. The first kappa shape index (κ1) is 19.5. The smallest absolute Gasteiger partial charge is 0.322 e. The lowest BCUT2D eigenvalue weighted by Crippen LogP contribution is -2.53. The molecule has 0 bridgehead atoms. The third kappa shape index (κ3) is 4.35. The van der Waals surface area contributed by atoms with E-state index in [0.717, 1.165) is 12.0 Å². The molecule has 1 aromatic rings. The van der Waals surface area contributed by atoms with Crippen LogP contribution in [-0.2, 0) is 21.2 Å². The number of carbonyl (C=O) groups is 2. The van der Waals surface area contributed by atoms with Gasteiger partial charge in [0.15, 0.2) is 0 Å². The Hall–Kier alpha value is -2.27. The Bertz CT molecular complexity index is 820. The van der Waals surface area contributed by atoms with E-state index in [9.17, 15) is 18.0 Å². The van der Waals surface area contributed by atoms with E-state index in [0.29, 0.717) is 12.8 Å². The fourth-order valence-corrected chi connectivity index (χ4v) is 4.98. The molecule has 1 unspecified atom stereocenters. The molecular formula is C16H23N5O5S. The number of sulfonamides is 1. The molecule has 0 saturated carbocycles. The number of ether oxygens (including phenoxy) is 1. The van der Waals surface area contributed by atoms with Crippen LogP contribution in [-0.4, -0.2) is 65.1 Å². The fraction of sp³-hybridized carbons (Fsp3) is 0.625. The number of aryl methyl sites for hydroxylation is 1. The van der Waals surface area contributed by atoms with Gasteiger partial charge in [0.1, 0.15) is 11.6 Å². The van der Waals surface area contributed by atoms with E-state index in [1.54, 1.807) is 12.4 Å². The SMILES string of the molecule is CCc1cnc(OC2CCN(S(=O)(=O)CC3(C)NC(=O)NC3=O)CC2)nc1. The topological polar surface area (TPSA) is 131 Å². The highest BCUT2D eigenvalue weighted by atomic mass is 32.2. The molecule has 27 heavy (non-hydrogen) atoms. The second-order valence-corrected chi connectivity index (χ2v) is 8.91. The van der Waals surface area contributed by atoms with Crippen molar-refractivity contribution in [1.29, 1.82) is 0 Å². The third-order valence-corrected chi connectivity index (χ3v) is 6.84. The van der Waals surface area contributed by atoms with Gasteiger partial charge < -0.3 is 10.1 Å². The summed E-state index contributed by atoms with van der Waals surface area (Å²) in [7, 11) is -3.72. The number of urea groups is 1. The Morgan fingerprint density at radius 2 is 1.89 bits per heavy atom. The lowest BCUT2D eigenvalue weighted by molar-refractivity contribution is -0.122. The minimum absolute atomic E-state index is 0.172. The number of nitrogens with zero attached hydrogens (tertiary/aromatic N) is 3. The number of aromatic nitrogens is 2. The first-order chi connectivity index (χ1) is 12.7. The van der Waals surface area contributed by atoms with Gasteiger partial charge in [0.25, 0.3) is 5.91 Å². The van der Waals surface area contributed by atoms with Gasteiger partial charge in [-0.25, -0.2) is 27.5 Å². The van der Waals surface area contributed by atoms with E-state index in [-0.39, 0.29) is 25.2 Å². The average Bonchev–Trinajstić information content (AvgIpc) is 2.87. The van der Waals surface area contributed by atoms with E-state index in [1.807, 2.05) is 6.92 Å². The van der Waals surface area contributed by atoms with Crippen LogP contribution in [0, 0.1) is 0 Å². The van der Waals surface area contributed by atoms with E-state index in [1.165, 1.54) is 11.2 Å². The van der Waals surface area contributed by atoms with E-state index in [2.05, 4.69) is 20.6 Å². The molecule has 0 aromatic carbocycles. The Balaban J connectivity index is 1.56. The van der Waals surface area contributed by atoms with Crippen molar-refractivity contribution in [3.63, 3.8) is 0 Å². The number of hydrogen-bond acceptors (Lipinski definition) is 7. The molecule has 0 radical (unpaired) electrons. The van der Waals surface area contributed by atoms with Crippen molar-refractivity contribution in [2.24, 2.45) is 0 Å². The summed E-state index contributed by atoms with van der Waals surface area (Å²) in [6.45, 7) is 3.95. The van der Waals surface area contributed by atoms with Crippen LogP contribution in [0.4, 0.5) is 4.79 Å². The predicted molar refractivity (Wildman–Crippen MR) is 95.5 cm³/mol. The first-order valence-electron chi connectivity index (χ1n) is 8.81. The number of nitrogens with one attached hydrogen (secondary N) is 2. The van der Waals surface area contributed by atoms with Crippen molar-refractivity contribution in [2.75, 3.05) is 18.8 Å². The van der Waals surface area contributed by atoms with Gasteiger partial charge in [-0.1, -0.05) is 6.92 Å². The van der Waals surface area contributed by atoms with Crippen molar-refractivity contribution in [3.8, 4) is 6.01 Å². The number of imide groups is 1. The van der Waals surface area contributed by atoms with Gasteiger partial charge in [-0.2, -0.15) is 0 Å². The van der Waals surface area contributed by atoms with Crippen molar-refractivity contribution >= 4 is 22.0 Å². The lowest BCUT2D eigenvalue weighted by atomic mass is 10.1. The number of amides is 3. The van der Waals surface area contributed by atoms with Gasteiger partial charge in [-0.3, -0.25) is 10.1 Å². The molecule has 2 fully saturated rings. The van der Waals surface area contributed by atoms with Gasteiger partial charge in [0.2, 0.25) is 10.0 Å². The minimum Gasteiger partial charge on any atom is -0.460 e. The zero-order valence-electron chi connectivity index (χ0n) is 15.3. The molecular weight excluding hydrogens is 374 g/mol. The molecule has 0 aliphatic carbocycles. The van der Waals surface area contributed by atoms with Crippen LogP contribution in [0.15, 0.2) is 12.4 Å². The maximum Gasteiger partial charge on any atom is 0.322 e. The van der Waals surface area contributed by atoms with Crippen LogP contribution >= 0.6 is 0 Å². The Morgan fingerprint density at radius 1 is 1.26 bits per heavy atom. The van der Waals surface area contributed by atoms with Crippen LogP contribution in [0.2, 0.25) is 0 Å². The molecule has 10 nitrogen and oxygen atoms in total. The number of carbonyl (C=O) groups excluding carboxylic acids is 2. The highest BCUT2D eigenvalue weighted by Gasteiger charge is 2.46. The summed E-state index contributed by atoms with van der Waals surface area (Å²) < 4.78 is 32.4. The van der Waals surface area contributed by atoms with Crippen molar-refractivity contribution in [3.05, 3.63) is 18.0 Å². The zero-order valence-corrected chi connectivity index (χ0v) is 16.1. The van der Waals surface area contributed by atoms with Gasteiger partial charge in [0, 0.05) is 25.5 Å². The van der Waals surface area contributed by atoms with Gasteiger partial charge in [0.05, 0.1) is 5.75 Å². The quantitative estimate of drug-likeness (QED) is 0.636. The summed E-state index contributed by atoms with van der Waals surface area (Å²) in [6.07, 6.45) is 5.08. The zero-order chi connectivity index (χ0) is 19.7. The summed E-state index contributed by atoms with van der Waals surface area (Å²) in [5.74, 6) is -1.12. The molecule has 2 aliphatic heterocycles. The van der Waals surface area contributed by atoms with Crippen molar-refractivity contribution in [1.82, 2.24) is 24.9 Å². The fourth-order valence-electron chi connectivity index (χ4n) is 3.10. The molecule has 3 amide bonds. The van der Waals surface area contributed by atoms with E-state index < -0.39 is 33.3 Å². The summed E-state index contributed by atoms with van der Waals surface area (Å²) in [6, 6.07) is -0.398. The number of hydrogen-bond donors (Lipinski definition) is 2. The highest BCUT2D eigenvalue weighted by Crippen LogP contribution is 2.21. The molecule has 1 aromatic heterocycles. The normalized spacial score (nSPS) is 24.5. The van der Waals surface area contributed by atoms with E-state index in [4.69, 9.17) is 4.74 Å².